The lowest BCUT2D eigenvalue weighted by Gasteiger charge is -2.36. The maximum atomic E-state index is 12.0. The molecule has 0 bridgehead atoms. The smallest absolute Gasteiger partial charge is 0.371 e. The zero-order valence-corrected chi connectivity index (χ0v) is 12.3. The van der Waals surface area contributed by atoms with Gasteiger partial charge in [-0.25, -0.2) is 0 Å². The van der Waals surface area contributed by atoms with E-state index in [-0.39, 0.29) is 12.6 Å². The van der Waals surface area contributed by atoms with E-state index >= 15 is 0 Å². The van der Waals surface area contributed by atoms with E-state index in [9.17, 15) is 13.2 Å². The molecule has 0 saturated carbocycles. The molecular formula is C14H18ClF3N2O. The molecule has 0 aromatic heterocycles. The van der Waals surface area contributed by atoms with Crippen LogP contribution >= 0.6 is 11.6 Å². The van der Waals surface area contributed by atoms with Crippen molar-refractivity contribution in [2.24, 2.45) is 0 Å². The summed E-state index contributed by atoms with van der Waals surface area (Å²) in [6, 6.07) is 7.66. The van der Waals surface area contributed by atoms with Crippen molar-refractivity contribution < 1.29 is 17.9 Å². The molecular weight excluding hydrogens is 305 g/mol. The molecule has 3 nitrogen and oxygen atoms in total. The van der Waals surface area contributed by atoms with E-state index in [1.54, 1.807) is 6.07 Å². The van der Waals surface area contributed by atoms with Gasteiger partial charge >= 0.3 is 6.18 Å². The van der Waals surface area contributed by atoms with Crippen molar-refractivity contribution in [3.8, 4) is 0 Å². The van der Waals surface area contributed by atoms with Gasteiger partial charge in [-0.3, -0.25) is 4.90 Å². The lowest BCUT2D eigenvalue weighted by molar-refractivity contribution is -0.175. The summed E-state index contributed by atoms with van der Waals surface area (Å²) in [5.74, 6) is 0. The first-order valence-electron chi connectivity index (χ1n) is 6.80. The monoisotopic (exact) mass is 322 g/mol. The maximum Gasteiger partial charge on any atom is 0.411 e. The summed E-state index contributed by atoms with van der Waals surface area (Å²) >= 11 is 6.00. The SMILES string of the molecule is FC(F)(F)COCCN1CCNCC1c1cccc(Cl)c1. The highest BCUT2D eigenvalue weighted by Gasteiger charge is 2.28. The van der Waals surface area contributed by atoms with Crippen LogP contribution in [0.1, 0.15) is 11.6 Å². The number of benzene rings is 1. The summed E-state index contributed by atoms with van der Waals surface area (Å²) < 4.78 is 40.8. The molecule has 21 heavy (non-hydrogen) atoms. The fourth-order valence-corrected chi connectivity index (χ4v) is 2.62. The summed E-state index contributed by atoms with van der Waals surface area (Å²) in [5.41, 5.74) is 1.06. The van der Waals surface area contributed by atoms with Crippen LogP contribution in [-0.4, -0.2) is 50.5 Å². The Labute approximate surface area is 127 Å². The minimum Gasteiger partial charge on any atom is -0.371 e. The van der Waals surface area contributed by atoms with Crippen molar-refractivity contribution in [1.82, 2.24) is 10.2 Å². The number of halogens is 4. The zero-order valence-electron chi connectivity index (χ0n) is 11.5. The number of nitrogens with zero attached hydrogens (tertiary/aromatic N) is 1. The minimum atomic E-state index is -4.27. The molecule has 0 spiro atoms. The Morgan fingerprint density at radius 1 is 1.38 bits per heavy atom. The first-order valence-corrected chi connectivity index (χ1v) is 7.18. The average molecular weight is 323 g/mol. The summed E-state index contributed by atoms with van der Waals surface area (Å²) in [5, 5.41) is 3.95. The molecule has 1 N–H and O–H groups in total. The number of piperazine rings is 1. The van der Waals surface area contributed by atoms with Gasteiger partial charge in [0.25, 0.3) is 0 Å². The summed E-state index contributed by atoms with van der Waals surface area (Å²) in [6.07, 6.45) is -4.27. The van der Waals surface area contributed by atoms with Crippen LogP contribution in [0.4, 0.5) is 13.2 Å². The van der Waals surface area contributed by atoms with Crippen LogP contribution in [0.3, 0.4) is 0 Å². The van der Waals surface area contributed by atoms with Crippen molar-refractivity contribution in [3.63, 3.8) is 0 Å². The zero-order chi connectivity index (χ0) is 15.3. The van der Waals surface area contributed by atoms with Gasteiger partial charge in [0.05, 0.1) is 6.61 Å². The number of ether oxygens (including phenoxy) is 1. The Kier molecular flexibility index (Phi) is 5.87. The maximum absolute atomic E-state index is 12.0. The van der Waals surface area contributed by atoms with Gasteiger partial charge < -0.3 is 10.1 Å². The first kappa shape index (κ1) is 16.5. The van der Waals surface area contributed by atoms with Gasteiger partial charge in [-0.15, -0.1) is 0 Å². The van der Waals surface area contributed by atoms with E-state index in [4.69, 9.17) is 16.3 Å². The summed E-state index contributed by atoms with van der Waals surface area (Å²) in [6.45, 7) is 1.68. The topological polar surface area (TPSA) is 24.5 Å². The van der Waals surface area contributed by atoms with Gasteiger partial charge in [0.2, 0.25) is 0 Å². The highest BCUT2D eigenvalue weighted by molar-refractivity contribution is 6.30. The van der Waals surface area contributed by atoms with Crippen molar-refractivity contribution in [3.05, 3.63) is 34.9 Å². The van der Waals surface area contributed by atoms with Gasteiger partial charge in [0.1, 0.15) is 6.61 Å². The Hall–Kier alpha value is -0.820. The molecule has 1 unspecified atom stereocenters. The third-order valence-electron chi connectivity index (χ3n) is 3.38. The normalized spacial score (nSPS) is 20.7. The fraction of sp³-hybridized carbons (Fsp3) is 0.571. The molecule has 1 heterocycles. The van der Waals surface area contributed by atoms with E-state index < -0.39 is 12.8 Å². The molecule has 2 rings (SSSR count). The van der Waals surface area contributed by atoms with Crippen LogP contribution in [0.25, 0.3) is 0 Å². The van der Waals surface area contributed by atoms with Crippen molar-refractivity contribution in [1.29, 1.82) is 0 Å². The van der Waals surface area contributed by atoms with E-state index in [1.807, 2.05) is 18.2 Å². The minimum absolute atomic E-state index is 0.0660. The second-order valence-electron chi connectivity index (χ2n) is 4.98. The summed E-state index contributed by atoms with van der Waals surface area (Å²) in [4.78, 5) is 2.12. The van der Waals surface area contributed by atoms with Crippen LogP contribution in [0.5, 0.6) is 0 Å². The molecule has 0 amide bonds. The number of nitrogens with one attached hydrogen (secondary N) is 1. The predicted octanol–water partition coefficient (Wildman–Crippen LogP) is 2.87. The quantitative estimate of drug-likeness (QED) is 0.844. The molecule has 1 aromatic carbocycles. The molecule has 1 fully saturated rings. The van der Waals surface area contributed by atoms with Crippen molar-refractivity contribution >= 4 is 11.6 Å². The number of alkyl halides is 3. The van der Waals surface area contributed by atoms with Crippen molar-refractivity contribution in [2.75, 3.05) is 39.4 Å². The van der Waals surface area contributed by atoms with E-state index in [1.165, 1.54) is 0 Å². The second-order valence-corrected chi connectivity index (χ2v) is 5.42. The van der Waals surface area contributed by atoms with Crippen LogP contribution in [0.15, 0.2) is 24.3 Å². The molecule has 1 atom stereocenters. The van der Waals surface area contributed by atoms with Gasteiger partial charge in [0, 0.05) is 37.2 Å². The third-order valence-corrected chi connectivity index (χ3v) is 3.61. The Morgan fingerprint density at radius 2 is 2.19 bits per heavy atom. The lowest BCUT2D eigenvalue weighted by Crippen LogP contribution is -2.47. The average Bonchev–Trinajstić information content (AvgIpc) is 2.43. The largest absolute Gasteiger partial charge is 0.411 e. The van der Waals surface area contributed by atoms with Gasteiger partial charge in [-0.2, -0.15) is 13.2 Å². The first-order chi connectivity index (χ1) is 9.96. The Bertz CT molecular complexity index is 456. The van der Waals surface area contributed by atoms with Gasteiger partial charge in [0.15, 0.2) is 0 Å². The molecule has 118 valence electrons. The predicted molar refractivity (Wildman–Crippen MR) is 75.5 cm³/mol. The Morgan fingerprint density at radius 3 is 2.90 bits per heavy atom. The molecule has 1 saturated heterocycles. The second kappa shape index (κ2) is 7.45. The van der Waals surface area contributed by atoms with Crippen LogP contribution in [0, 0.1) is 0 Å². The number of hydrogen-bond acceptors (Lipinski definition) is 3. The molecule has 1 aliphatic rings. The van der Waals surface area contributed by atoms with Crippen LogP contribution < -0.4 is 5.32 Å². The molecule has 1 aliphatic heterocycles. The van der Waals surface area contributed by atoms with Gasteiger partial charge in [-0.1, -0.05) is 23.7 Å². The van der Waals surface area contributed by atoms with E-state index in [2.05, 4.69) is 10.2 Å². The molecule has 1 aromatic rings. The van der Waals surface area contributed by atoms with E-state index in [0.29, 0.717) is 11.6 Å². The fourth-order valence-electron chi connectivity index (χ4n) is 2.43. The molecule has 0 radical (unpaired) electrons. The molecule has 7 heteroatoms. The number of hydrogen-bond donors (Lipinski definition) is 1. The van der Waals surface area contributed by atoms with E-state index in [0.717, 1.165) is 25.2 Å². The van der Waals surface area contributed by atoms with Crippen LogP contribution in [0.2, 0.25) is 5.02 Å². The van der Waals surface area contributed by atoms with Crippen molar-refractivity contribution in [2.45, 2.75) is 12.2 Å². The number of rotatable bonds is 5. The summed E-state index contributed by atoms with van der Waals surface area (Å²) in [7, 11) is 0. The Balaban J connectivity index is 1.90. The highest BCUT2D eigenvalue weighted by Crippen LogP contribution is 2.24. The molecule has 0 aliphatic carbocycles. The highest BCUT2D eigenvalue weighted by atomic mass is 35.5. The third kappa shape index (κ3) is 5.47. The standard InChI is InChI=1S/C14H18ClF3N2O/c15-12-3-1-2-11(8-12)13-9-19-4-5-20(13)6-7-21-10-14(16,17)18/h1-3,8,13,19H,4-7,9-10H2. The lowest BCUT2D eigenvalue weighted by atomic mass is 10.0. The van der Waals surface area contributed by atoms with Crippen LogP contribution in [-0.2, 0) is 4.74 Å². The van der Waals surface area contributed by atoms with Gasteiger partial charge in [-0.05, 0) is 17.7 Å².